The molecule has 0 heterocycles. The van der Waals surface area contributed by atoms with Gasteiger partial charge in [0, 0.05) is 6.04 Å². The van der Waals surface area contributed by atoms with Crippen LogP contribution in [0.2, 0.25) is 10.0 Å². The van der Waals surface area contributed by atoms with Crippen LogP contribution in [0.3, 0.4) is 0 Å². The van der Waals surface area contributed by atoms with E-state index in [0.717, 1.165) is 6.42 Å². The molecule has 0 aromatic heterocycles. The minimum Gasteiger partial charge on any atom is -0.350 e. The summed E-state index contributed by atoms with van der Waals surface area (Å²) in [7, 11) is -4.00. The van der Waals surface area contributed by atoms with Gasteiger partial charge >= 0.3 is 0 Å². The molecule has 1 amide bonds. The third kappa shape index (κ3) is 4.66. The number of halogens is 2. The van der Waals surface area contributed by atoms with Gasteiger partial charge in [-0.25, -0.2) is 8.42 Å². The molecule has 0 saturated carbocycles. The monoisotopic (exact) mass is 400 g/mol. The molecule has 8 heteroatoms. The van der Waals surface area contributed by atoms with Crippen molar-refractivity contribution in [1.82, 2.24) is 5.32 Å². The number of benzene rings is 2. The van der Waals surface area contributed by atoms with Crippen LogP contribution in [0.1, 0.15) is 30.6 Å². The summed E-state index contributed by atoms with van der Waals surface area (Å²) in [5, 5.41) is 2.87. The summed E-state index contributed by atoms with van der Waals surface area (Å²) >= 11 is 11.9. The highest BCUT2D eigenvalue weighted by Gasteiger charge is 2.22. The van der Waals surface area contributed by atoms with Crippen molar-refractivity contribution in [2.75, 3.05) is 4.72 Å². The molecular weight excluding hydrogens is 383 g/mol. The Hall–Kier alpha value is -1.76. The largest absolute Gasteiger partial charge is 0.350 e. The second-order valence-electron chi connectivity index (χ2n) is 5.49. The minimum absolute atomic E-state index is 0.0282. The summed E-state index contributed by atoms with van der Waals surface area (Å²) in [6.45, 7) is 3.82. The predicted molar refractivity (Wildman–Crippen MR) is 101 cm³/mol. The lowest BCUT2D eigenvalue weighted by molar-refractivity contribution is 0.0940. The van der Waals surface area contributed by atoms with Crippen LogP contribution >= 0.6 is 23.2 Å². The number of amides is 1. The second-order valence-corrected chi connectivity index (χ2v) is 7.92. The van der Waals surface area contributed by atoms with Gasteiger partial charge in [-0.2, -0.15) is 0 Å². The van der Waals surface area contributed by atoms with Crippen molar-refractivity contribution < 1.29 is 13.2 Å². The zero-order chi connectivity index (χ0) is 18.6. The summed E-state index contributed by atoms with van der Waals surface area (Å²) in [6.07, 6.45) is 0.762. The zero-order valence-corrected chi connectivity index (χ0v) is 16.0. The molecule has 0 aliphatic heterocycles. The molecule has 134 valence electrons. The molecule has 2 aromatic rings. The van der Waals surface area contributed by atoms with Gasteiger partial charge in [-0.3, -0.25) is 9.52 Å². The Kier molecular flexibility index (Phi) is 6.32. The summed E-state index contributed by atoms with van der Waals surface area (Å²) in [5.41, 5.74) is 0.392. The molecular formula is C17H18Cl2N2O3S. The molecule has 25 heavy (non-hydrogen) atoms. The topological polar surface area (TPSA) is 75.3 Å². The van der Waals surface area contributed by atoms with Crippen LogP contribution in [0.15, 0.2) is 47.4 Å². The maximum absolute atomic E-state index is 12.6. The molecule has 0 bridgehead atoms. The van der Waals surface area contributed by atoms with Gasteiger partial charge in [-0.15, -0.1) is 0 Å². The maximum atomic E-state index is 12.6. The highest BCUT2D eigenvalue weighted by molar-refractivity contribution is 7.92. The molecule has 0 unspecified atom stereocenters. The minimum atomic E-state index is -4.00. The Bertz CT molecular complexity index is 885. The molecule has 1 atom stereocenters. The van der Waals surface area contributed by atoms with E-state index in [-0.39, 0.29) is 38.1 Å². The first-order chi connectivity index (χ1) is 11.8. The highest BCUT2D eigenvalue weighted by atomic mass is 35.5. The van der Waals surface area contributed by atoms with Crippen molar-refractivity contribution >= 4 is 44.8 Å². The van der Waals surface area contributed by atoms with Gasteiger partial charge in [0.05, 0.1) is 21.3 Å². The van der Waals surface area contributed by atoms with Gasteiger partial charge < -0.3 is 5.32 Å². The molecule has 2 rings (SSSR count). The molecule has 0 fully saturated rings. The third-order valence-electron chi connectivity index (χ3n) is 3.61. The van der Waals surface area contributed by atoms with Crippen LogP contribution in [0, 0.1) is 0 Å². The van der Waals surface area contributed by atoms with Gasteiger partial charge in [0.2, 0.25) is 0 Å². The Morgan fingerprint density at radius 3 is 2.48 bits per heavy atom. The lowest BCUT2D eigenvalue weighted by Crippen LogP contribution is -2.32. The van der Waals surface area contributed by atoms with Crippen LogP contribution in [0.25, 0.3) is 0 Å². The van der Waals surface area contributed by atoms with E-state index in [1.165, 1.54) is 24.3 Å². The average molecular weight is 401 g/mol. The third-order valence-corrected chi connectivity index (χ3v) is 5.95. The van der Waals surface area contributed by atoms with E-state index in [1.807, 2.05) is 13.8 Å². The van der Waals surface area contributed by atoms with E-state index in [1.54, 1.807) is 18.2 Å². The number of anilines is 1. The van der Waals surface area contributed by atoms with Crippen molar-refractivity contribution in [3.63, 3.8) is 0 Å². The van der Waals surface area contributed by atoms with E-state index in [4.69, 9.17) is 23.2 Å². The number of hydrogen-bond acceptors (Lipinski definition) is 3. The van der Waals surface area contributed by atoms with Crippen LogP contribution in [0.4, 0.5) is 5.69 Å². The molecule has 0 radical (unpaired) electrons. The fourth-order valence-corrected chi connectivity index (χ4v) is 3.91. The van der Waals surface area contributed by atoms with Crippen LogP contribution in [-0.4, -0.2) is 20.4 Å². The number of carbonyl (C=O) groups is 1. The zero-order valence-electron chi connectivity index (χ0n) is 13.7. The molecule has 0 aliphatic carbocycles. The molecule has 2 N–H and O–H groups in total. The lowest BCUT2D eigenvalue weighted by atomic mass is 10.1. The van der Waals surface area contributed by atoms with E-state index < -0.39 is 10.0 Å². The van der Waals surface area contributed by atoms with Crippen molar-refractivity contribution in [3.05, 3.63) is 58.1 Å². The van der Waals surface area contributed by atoms with E-state index in [0.29, 0.717) is 0 Å². The van der Waals surface area contributed by atoms with E-state index >= 15 is 0 Å². The summed E-state index contributed by atoms with van der Waals surface area (Å²) < 4.78 is 27.7. The van der Waals surface area contributed by atoms with Gasteiger partial charge in [0.25, 0.3) is 15.9 Å². The van der Waals surface area contributed by atoms with Gasteiger partial charge in [0.15, 0.2) is 0 Å². The first kappa shape index (κ1) is 19.6. The molecule has 5 nitrogen and oxygen atoms in total. The number of hydrogen-bond donors (Lipinski definition) is 2. The molecule has 0 aliphatic rings. The maximum Gasteiger partial charge on any atom is 0.263 e. The van der Waals surface area contributed by atoms with Crippen molar-refractivity contribution in [1.29, 1.82) is 0 Å². The lowest BCUT2D eigenvalue weighted by Gasteiger charge is -2.16. The normalized spacial score (nSPS) is 12.5. The van der Waals surface area contributed by atoms with Gasteiger partial charge in [0.1, 0.15) is 4.90 Å². The Balaban J connectivity index is 2.37. The summed E-state index contributed by atoms with van der Waals surface area (Å²) in [6, 6.07) is 10.7. The second kappa shape index (κ2) is 8.08. The first-order valence-corrected chi connectivity index (χ1v) is 9.87. The fraction of sp³-hybridized carbons (Fsp3) is 0.235. The van der Waals surface area contributed by atoms with Crippen molar-refractivity contribution in [3.8, 4) is 0 Å². The van der Waals surface area contributed by atoms with Crippen molar-refractivity contribution in [2.45, 2.75) is 31.2 Å². The molecule has 2 aromatic carbocycles. The SMILES string of the molecule is CC[C@H](C)NC(=O)c1ccccc1NS(=O)(=O)c1cccc(Cl)c1Cl. The average Bonchev–Trinajstić information content (AvgIpc) is 2.57. The van der Waals surface area contributed by atoms with Crippen LogP contribution in [-0.2, 0) is 10.0 Å². The number of carbonyl (C=O) groups excluding carboxylic acids is 1. The summed E-state index contributed by atoms with van der Waals surface area (Å²) in [5.74, 6) is -0.357. The van der Waals surface area contributed by atoms with Crippen LogP contribution < -0.4 is 10.0 Å². The van der Waals surface area contributed by atoms with Crippen molar-refractivity contribution in [2.24, 2.45) is 0 Å². The predicted octanol–water partition coefficient (Wildman–Crippen LogP) is 4.32. The first-order valence-electron chi connectivity index (χ1n) is 7.63. The Morgan fingerprint density at radius 1 is 1.12 bits per heavy atom. The number of sulfonamides is 1. The van der Waals surface area contributed by atoms with Crippen LogP contribution in [0.5, 0.6) is 0 Å². The smallest absolute Gasteiger partial charge is 0.263 e. The standard InChI is InChI=1S/C17H18Cl2N2O3S/c1-3-11(2)20-17(22)12-7-4-5-9-14(12)21-25(23,24)15-10-6-8-13(18)16(15)19/h4-11,21H,3H2,1-2H3,(H,20,22)/t11-/m0/s1. The summed E-state index contributed by atoms with van der Waals surface area (Å²) in [4.78, 5) is 12.2. The number of nitrogens with one attached hydrogen (secondary N) is 2. The quantitative estimate of drug-likeness (QED) is 0.757. The van der Waals surface area contributed by atoms with Gasteiger partial charge in [-0.05, 0) is 37.6 Å². The Labute approximate surface area is 157 Å². The van der Waals surface area contributed by atoms with E-state index in [2.05, 4.69) is 10.0 Å². The highest BCUT2D eigenvalue weighted by Crippen LogP contribution is 2.30. The Morgan fingerprint density at radius 2 is 1.80 bits per heavy atom. The number of rotatable bonds is 6. The number of para-hydroxylation sites is 1. The molecule has 0 saturated heterocycles. The van der Waals surface area contributed by atoms with E-state index in [9.17, 15) is 13.2 Å². The fourth-order valence-electron chi connectivity index (χ4n) is 2.07. The molecule has 0 spiro atoms. The van der Waals surface area contributed by atoms with Gasteiger partial charge in [-0.1, -0.05) is 48.3 Å².